The van der Waals surface area contributed by atoms with E-state index < -0.39 is 38.7 Å². The Labute approximate surface area is 221 Å². The number of sulfone groups is 1. The molecule has 1 aliphatic heterocycles. The summed E-state index contributed by atoms with van der Waals surface area (Å²) in [4.78, 5) is 32.6. The van der Waals surface area contributed by atoms with Crippen LogP contribution in [0.15, 0.2) is 41.4 Å². The molecule has 9 nitrogen and oxygen atoms in total. The Morgan fingerprint density at radius 2 is 1.95 bits per heavy atom. The first-order chi connectivity index (χ1) is 17.3. The number of hydrogen-bond acceptors (Lipinski definition) is 7. The monoisotopic (exact) mass is 544 g/mol. The molecule has 0 unspecified atom stereocenters. The normalized spacial score (nSPS) is 19.8. The molecule has 0 bridgehead atoms. The highest BCUT2D eigenvalue weighted by molar-refractivity contribution is 7.92. The fourth-order valence-corrected chi connectivity index (χ4v) is 6.69. The van der Waals surface area contributed by atoms with E-state index in [1.54, 1.807) is 45.2 Å². The third-order valence-corrected chi connectivity index (χ3v) is 9.04. The summed E-state index contributed by atoms with van der Waals surface area (Å²) >= 11 is 6.48. The molecule has 2 aliphatic rings. The minimum atomic E-state index is -4.04. The number of aromatic nitrogens is 1. The van der Waals surface area contributed by atoms with Gasteiger partial charge in [-0.2, -0.15) is 5.26 Å². The van der Waals surface area contributed by atoms with Crippen molar-refractivity contribution in [3.63, 3.8) is 0 Å². The van der Waals surface area contributed by atoms with Gasteiger partial charge in [0.05, 0.1) is 15.2 Å². The number of nitriles is 1. The van der Waals surface area contributed by atoms with Crippen molar-refractivity contribution in [1.29, 1.82) is 5.26 Å². The lowest BCUT2D eigenvalue weighted by atomic mass is 10.1. The van der Waals surface area contributed by atoms with Crippen LogP contribution in [0.2, 0.25) is 5.02 Å². The molecule has 1 saturated heterocycles. The molecule has 1 saturated carbocycles. The number of benzene rings is 1. The fraction of sp³-hybridized carbons (Fsp3) is 0.462. The third-order valence-electron chi connectivity index (χ3n) is 6.43. The highest BCUT2D eigenvalue weighted by atomic mass is 35.5. The number of likely N-dealkylation sites (tertiary alicyclic amines) is 1. The predicted octanol–water partition coefficient (Wildman–Crippen LogP) is 4.33. The van der Waals surface area contributed by atoms with Crippen LogP contribution < -0.4 is 0 Å². The van der Waals surface area contributed by atoms with Crippen LogP contribution in [-0.2, 0) is 19.4 Å². The van der Waals surface area contributed by atoms with Crippen molar-refractivity contribution in [1.82, 2.24) is 14.8 Å². The summed E-state index contributed by atoms with van der Waals surface area (Å²) in [5, 5.41) is 8.48. The van der Waals surface area contributed by atoms with Crippen LogP contribution in [0.25, 0.3) is 11.1 Å². The van der Waals surface area contributed by atoms with Gasteiger partial charge in [-0.05, 0) is 70.7 Å². The summed E-state index contributed by atoms with van der Waals surface area (Å²) in [6.07, 6.45) is 3.99. The van der Waals surface area contributed by atoms with Crippen molar-refractivity contribution >= 4 is 33.4 Å². The standard InChI is InChI=1S/C26H29ClN4O5S/c1-16-20(6-5-11-29-16)17-7-10-23(21(27)12-17)37(34,35)19-13-22(24(32)31(15-28)18-8-9-18)30(14-19)25(33)36-26(2,3)4/h5-7,10-12,18-19,22H,8-9,13-14H2,1-4H3/t19-,22+/m1/s1. The Hall–Kier alpha value is -3.16. The highest BCUT2D eigenvalue weighted by Gasteiger charge is 2.49. The molecular weight excluding hydrogens is 516 g/mol. The molecule has 2 atom stereocenters. The number of rotatable bonds is 5. The van der Waals surface area contributed by atoms with Gasteiger partial charge in [-0.15, -0.1) is 0 Å². The van der Waals surface area contributed by atoms with Gasteiger partial charge in [0, 0.05) is 30.0 Å². The van der Waals surface area contributed by atoms with E-state index in [-0.39, 0.29) is 28.9 Å². The predicted molar refractivity (Wildman–Crippen MR) is 137 cm³/mol. The molecule has 0 radical (unpaired) electrons. The number of carbonyl (C=O) groups excluding carboxylic acids is 2. The zero-order valence-corrected chi connectivity index (χ0v) is 22.7. The lowest BCUT2D eigenvalue weighted by molar-refractivity contribution is -0.133. The number of halogens is 1. The van der Waals surface area contributed by atoms with Crippen molar-refractivity contribution < 1.29 is 22.7 Å². The van der Waals surface area contributed by atoms with Crippen LogP contribution >= 0.6 is 11.6 Å². The van der Waals surface area contributed by atoms with E-state index in [1.165, 1.54) is 6.07 Å². The fourth-order valence-electron chi connectivity index (χ4n) is 4.45. The molecule has 4 rings (SSSR count). The molecule has 2 aromatic rings. The largest absolute Gasteiger partial charge is 0.444 e. The summed E-state index contributed by atoms with van der Waals surface area (Å²) in [5.74, 6) is -0.595. The van der Waals surface area contributed by atoms with Crippen molar-refractivity contribution in [2.75, 3.05) is 6.54 Å². The molecule has 1 aromatic carbocycles. The topological polar surface area (TPSA) is 121 Å². The van der Waals surface area contributed by atoms with E-state index in [4.69, 9.17) is 16.3 Å². The summed E-state index contributed by atoms with van der Waals surface area (Å²) in [6, 6.07) is 6.99. The maximum Gasteiger partial charge on any atom is 0.411 e. The van der Waals surface area contributed by atoms with E-state index in [0.29, 0.717) is 12.8 Å². The van der Waals surface area contributed by atoms with E-state index in [1.807, 2.05) is 19.2 Å². The van der Waals surface area contributed by atoms with E-state index in [9.17, 15) is 23.3 Å². The van der Waals surface area contributed by atoms with Gasteiger partial charge >= 0.3 is 6.09 Å². The molecule has 1 aromatic heterocycles. The Morgan fingerprint density at radius 1 is 1.24 bits per heavy atom. The molecule has 196 valence electrons. The second-order valence-corrected chi connectivity index (χ2v) is 13.0. The van der Waals surface area contributed by atoms with Crippen LogP contribution in [0.1, 0.15) is 45.7 Å². The van der Waals surface area contributed by atoms with Gasteiger partial charge in [0.15, 0.2) is 16.0 Å². The lowest BCUT2D eigenvalue weighted by Gasteiger charge is -2.29. The van der Waals surface area contributed by atoms with Crippen LogP contribution in [0.5, 0.6) is 0 Å². The van der Waals surface area contributed by atoms with Gasteiger partial charge in [0.2, 0.25) is 0 Å². The summed E-state index contributed by atoms with van der Waals surface area (Å²) < 4.78 is 32.9. The van der Waals surface area contributed by atoms with Crippen LogP contribution in [0.3, 0.4) is 0 Å². The van der Waals surface area contributed by atoms with Crippen molar-refractivity contribution in [3.8, 4) is 17.3 Å². The first-order valence-electron chi connectivity index (χ1n) is 12.0. The van der Waals surface area contributed by atoms with Gasteiger partial charge in [-0.3, -0.25) is 14.7 Å². The summed E-state index contributed by atoms with van der Waals surface area (Å²) in [5.41, 5.74) is 1.47. The Balaban J connectivity index is 1.65. The van der Waals surface area contributed by atoms with Crippen LogP contribution in [0.4, 0.5) is 4.79 Å². The number of amides is 2. The van der Waals surface area contributed by atoms with Crippen molar-refractivity contribution in [2.45, 2.75) is 74.8 Å². The SMILES string of the molecule is Cc1ncccc1-c1ccc(S(=O)(=O)[C@@H]2C[C@@H](C(=O)N(C#N)C3CC3)N(C(=O)OC(C)(C)C)C2)c(Cl)c1. The number of carbonyl (C=O) groups is 2. The quantitative estimate of drug-likeness (QED) is 0.405. The molecule has 2 heterocycles. The summed E-state index contributed by atoms with van der Waals surface area (Å²) in [6.45, 7) is 6.65. The van der Waals surface area contributed by atoms with Gasteiger partial charge in [0.25, 0.3) is 5.91 Å². The minimum absolute atomic E-state index is 0.0379. The maximum atomic E-state index is 13.7. The summed E-state index contributed by atoms with van der Waals surface area (Å²) in [7, 11) is -4.04. The van der Waals surface area contributed by atoms with Crippen LogP contribution in [0, 0.1) is 18.4 Å². The Morgan fingerprint density at radius 3 is 2.51 bits per heavy atom. The second kappa shape index (κ2) is 9.95. The number of pyridine rings is 1. The average molecular weight is 545 g/mol. The number of aryl methyl sites for hydroxylation is 1. The maximum absolute atomic E-state index is 13.7. The molecule has 37 heavy (non-hydrogen) atoms. The Kier molecular flexibility index (Phi) is 7.23. The van der Waals surface area contributed by atoms with E-state index in [0.717, 1.165) is 26.6 Å². The third kappa shape index (κ3) is 5.58. The zero-order chi connectivity index (χ0) is 27.1. The van der Waals surface area contributed by atoms with Crippen LogP contribution in [-0.4, -0.2) is 64.7 Å². The smallest absolute Gasteiger partial charge is 0.411 e. The zero-order valence-electron chi connectivity index (χ0n) is 21.1. The first kappa shape index (κ1) is 26.9. The Bertz CT molecular complexity index is 1380. The molecule has 11 heteroatoms. The molecule has 0 N–H and O–H groups in total. The molecule has 2 amide bonds. The van der Waals surface area contributed by atoms with Gasteiger partial charge in [-0.25, -0.2) is 18.1 Å². The highest BCUT2D eigenvalue weighted by Crippen LogP contribution is 2.36. The lowest BCUT2D eigenvalue weighted by Crippen LogP contribution is -2.48. The number of hydrogen-bond donors (Lipinski definition) is 0. The molecule has 2 fully saturated rings. The van der Waals surface area contributed by atoms with Gasteiger partial charge < -0.3 is 4.74 Å². The van der Waals surface area contributed by atoms with Crippen molar-refractivity contribution in [3.05, 3.63) is 47.2 Å². The van der Waals surface area contributed by atoms with Gasteiger partial charge in [0.1, 0.15) is 11.6 Å². The minimum Gasteiger partial charge on any atom is -0.444 e. The number of ether oxygens (including phenoxy) is 1. The first-order valence-corrected chi connectivity index (χ1v) is 13.9. The van der Waals surface area contributed by atoms with Gasteiger partial charge in [-0.1, -0.05) is 23.7 Å². The van der Waals surface area contributed by atoms with E-state index in [2.05, 4.69) is 4.98 Å². The van der Waals surface area contributed by atoms with E-state index >= 15 is 0 Å². The second-order valence-electron chi connectivity index (χ2n) is 10.4. The average Bonchev–Trinajstić information content (AvgIpc) is 3.53. The molecule has 1 aliphatic carbocycles. The number of nitrogens with zero attached hydrogens (tertiary/aromatic N) is 4. The van der Waals surface area contributed by atoms with Crippen molar-refractivity contribution in [2.24, 2.45) is 0 Å². The molecule has 0 spiro atoms. The molecular formula is C26H29ClN4O5S.